The van der Waals surface area contributed by atoms with Gasteiger partial charge in [0.05, 0.1) is 30.0 Å². The van der Waals surface area contributed by atoms with E-state index in [0.29, 0.717) is 40.1 Å². The van der Waals surface area contributed by atoms with E-state index >= 15 is 4.79 Å². The number of aromatic hydroxyl groups is 1. The second-order valence-corrected chi connectivity index (χ2v) is 13.1. The summed E-state index contributed by atoms with van der Waals surface area (Å²) < 4.78 is 5.41. The number of ether oxygens (including phenoxy) is 1. The highest BCUT2D eigenvalue weighted by Gasteiger charge is 2.66. The fourth-order valence-electron chi connectivity index (χ4n) is 8.94. The Morgan fingerprint density at radius 3 is 2.12 bits per heavy atom. The molecule has 1 saturated carbocycles. The van der Waals surface area contributed by atoms with Crippen LogP contribution in [0.5, 0.6) is 11.5 Å². The third kappa shape index (κ3) is 4.20. The minimum atomic E-state index is -1.41. The predicted molar refractivity (Wildman–Crippen MR) is 180 cm³/mol. The smallest absolute Gasteiger partial charge is 0.238 e. The maximum atomic E-state index is 15.1. The van der Waals surface area contributed by atoms with Gasteiger partial charge in [-0.15, -0.1) is 0 Å². The molecular weight excluding hydrogens is 602 g/mol. The lowest BCUT2D eigenvalue weighted by Crippen LogP contribution is -2.58. The molecule has 1 saturated heterocycles. The van der Waals surface area contributed by atoms with Gasteiger partial charge in [-0.2, -0.15) is 0 Å². The number of para-hydroxylation sites is 1. The van der Waals surface area contributed by atoms with Crippen molar-refractivity contribution in [3.05, 3.63) is 144 Å². The summed E-state index contributed by atoms with van der Waals surface area (Å²) in [5, 5.41) is 11.6. The molecule has 7 heteroatoms. The second-order valence-electron chi connectivity index (χ2n) is 13.1. The van der Waals surface area contributed by atoms with Crippen molar-refractivity contribution in [2.75, 3.05) is 12.0 Å². The highest BCUT2D eigenvalue weighted by atomic mass is 16.5. The third-order valence-corrected chi connectivity index (χ3v) is 10.9. The molecule has 48 heavy (non-hydrogen) atoms. The first kappa shape index (κ1) is 29.8. The molecule has 1 N–H and O–H groups in total. The molecule has 0 radical (unpaired) electrons. The molecule has 1 aliphatic heterocycles. The zero-order valence-electron chi connectivity index (χ0n) is 26.3. The van der Waals surface area contributed by atoms with Gasteiger partial charge >= 0.3 is 0 Å². The van der Waals surface area contributed by atoms with Crippen molar-refractivity contribution in [1.29, 1.82) is 0 Å². The van der Waals surface area contributed by atoms with Gasteiger partial charge in [-0.25, -0.2) is 0 Å². The van der Waals surface area contributed by atoms with Gasteiger partial charge < -0.3 is 9.84 Å². The number of carbonyl (C=O) groups excluding carboxylic acids is 4. The Morgan fingerprint density at radius 2 is 1.46 bits per heavy atom. The molecule has 3 aliphatic carbocycles. The van der Waals surface area contributed by atoms with Crippen LogP contribution in [0.4, 0.5) is 5.69 Å². The molecule has 7 nitrogen and oxygen atoms in total. The number of phenols is 1. The summed E-state index contributed by atoms with van der Waals surface area (Å²) in [6.07, 6.45) is 3.98. The summed E-state index contributed by atoms with van der Waals surface area (Å²) in [6, 6.07) is 32.4. The largest absolute Gasteiger partial charge is 0.508 e. The average molecular weight is 636 g/mol. The van der Waals surface area contributed by atoms with E-state index in [2.05, 4.69) is 0 Å². The van der Waals surface area contributed by atoms with Gasteiger partial charge in [-0.1, -0.05) is 96.6 Å². The number of nitrogens with zero attached hydrogens (tertiary/aromatic N) is 1. The molecular formula is C41H33NO6. The number of rotatable bonds is 5. The second kappa shape index (κ2) is 11.3. The van der Waals surface area contributed by atoms with Crippen molar-refractivity contribution < 1.29 is 29.0 Å². The van der Waals surface area contributed by atoms with Crippen LogP contribution in [0.1, 0.15) is 35.4 Å². The van der Waals surface area contributed by atoms with Crippen LogP contribution in [0.25, 0.3) is 5.57 Å². The quantitative estimate of drug-likeness (QED) is 0.200. The minimum Gasteiger partial charge on any atom is -0.508 e. The topological polar surface area (TPSA) is 101 Å². The van der Waals surface area contributed by atoms with Crippen molar-refractivity contribution in [1.82, 2.24) is 0 Å². The lowest BCUT2D eigenvalue weighted by Gasteiger charge is -2.55. The van der Waals surface area contributed by atoms with Crippen molar-refractivity contribution in [3.8, 4) is 11.5 Å². The number of anilines is 1. The first-order valence-corrected chi connectivity index (χ1v) is 16.3. The summed E-state index contributed by atoms with van der Waals surface area (Å²) in [6.45, 7) is 0. The molecule has 8 rings (SSSR count). The van der Waals surface area contributed by atoms with Crippen molar-refractivity contribution in [2.24, 2.45) is 23.7 Å². The molecule has 4 aliphatic rings. The number of fused-ring (bicyclic) bond motifs is 4. The standard InChI is InChI=1S/C41H33NO6/c1-48-27-17-18-29(34(43)21-27)37-28-19-20-30-36(40(47)42(39(30)46)26-15-9-4-10-16-26)32(28)22-33-38(45)31(24-11-5-2-6-12-24)23-35(44)41(33,37)25-13-7-3-8-14-25/h2-19,21,23,30,32-33,36-37,43H,20,22H2,1H3. The molecule has 4 aromatic carbocycles. The van der Waals surface area contributed by atoms with Crippen LogP contribution in [0, 0.1) is 23.7 Å². The van der Waals surface area contributed by atoms with Crippen LogP contribution >= 0.6 is 0 Å². The van der Waals surface area contributed by atoms with E-state index in [9.17, 15) is 19.5 Å². The number of phenolic OH excluding ortho intramolecular Hbond substituents is 1. The van der Waals surface area contributed by atoms with Crippen LogP contribution in [-0.2, 0) is 24.6 Å². The summed E-state index contributed by atoms with van der Waals surface area (Å²) in [5.41, 5.74) is 2.00. The Balaban J connectivity index is 1.38. The molecule has 1 heterocycles. The first-order chi connectivity index (χ1) is 23.4. The summed E-state index contributed by atoms with van der Waals surface area (Å²) >= 11 is 0. The van der Waals surface area contributed by atoms with E-state index in [1.54, 1.807) is 36.4 Å². The fourth-order valence-corrected chi connectivity index (χ4v) is 8.94. The minimum absolute atomic E-state index is 0.0742. The number of Topliss-reactive ketones (excluding diaryl/α,β-unsaturated/α-hetero) is 1. The highest BCUT2D eigenvalue weighted by molar-refractivity contribution is 6.32. The number of carbonyl (C=O) groups is 4. The van der Waals surface area contributed by atoms with Crippen molar-refractivity contribution in [3.63, 3.8) is 0 Å². The van der Waals surface area contributed by atoms with Gasteiger partial charge in [0.15, 0.2) is 11.6 Å². The zero-order valence-corrected chi connectivity index (χ0v) is 26.3. The van der Waals surface area contributed by atoms with Crippen molar-refractivity contribution in [2.45, 2.75) is 24.2 Å². The lowest BCUT2D eigenvalue weighted by atomic mass is 9.44. The van der Waals surface area contributed by atoms with Crippen LogP contribution in [0.2, 0.25) is 0 Å². The van der Waals surface area contributed by atoms with E-state index in [1.165, 1.54) is 24.2 Å². The number of allylic oxidation sites excluding steroid dienone is 4. The number of benzene rings is 4. The SMILES string of the molecule is COc1ccc(C2C3=CCC4C(=O)N(c5ccccc5)C(=O)C4C3CC3C(=O)C(c4ccccc4)=CC(=O)C32c2ccccc2)c(O)c1. The Morgan fingerprint density at radius 1 is 0.792 bits per heavy atom. The number of imide groups is 1. The molecule has 6 atom stereocenters. The lowest BCUT2D eigenvalue weighted by molar-refractivity contribution is -0.135. The molecule has 2 fully saturated rings. The van der Waals surface area contributed by atoms with E-state index in [4.69, 9.17) is 4.74 Å². The Labute approximate surface area is 278 Å². The first-order valence-electron chi connectivity index (χ1n) is 16.3. The molecule has 2 amide bonds. The van der Waals surface area contributed by atoms with Crippen molar-refractivity contribution >= 4 is 34.6 Å². The number of methoxy groups -OCH3 is 1. The van der Waals surface area contributed by atoms with Gasteiger partial charge in [0.1, 0.15) is 11.5 Å². The molecule has 4 aromatic rings. The van der Waals surface area contributed by atoms with Crippen LogP contribution in [0.15, 0.2) is 127 Å². The normalized spacial score (nSPS) is 27.9. The maximum absolute atomic E-state index is 15.1. The van der Waals surface area contributed by atoms with E-state index < -0.39 is 35.0 Å². The molecule has 0 bridgehead atoms. The number of ketones is 2. The summed E-state index contributed by atoms with van der Waals surface area (Å²) in [5.74, 6) is -4.14. The number of hydrogen-bond acceptors (Lipinski definition) is 6. The van der Waals surface area contributed by atoms with Gasteiger partial charge in [-0.05, 0) is 54.2 Å². The molecule has 6 unspecified atom stereocenters. The fraction of sp³-hybridized carbons (Fsp3) is 0.220. The molecule has 0 aromatic heterocycles. The Kier molecular flexibility index (Phi) is 7.02. The van der Waals surface area contributed by atoms with Crippen LogP contribution in [0.3, 0.4) is 0 Å². The Bertz CT molecular complexity index is 2040. The third-order valence-electron chi connectivity index (χ3n) is 10.9. The molecule has 0 spiro atoms. The number of amides is 2. The Hall–Kier alpha value is -5.56. The maximum Gasteiger partial charge on any atom is 0.238 e. The van der Waals surface area contributed by atoms with E-state index in [-0.39, 0.29) is 35.6 Å². The van der Waals surface area contributed by atoms with Crippen LogP contribution in [-0.4, -0.2) is 35.6 Å². The van der Waals surface area contributed by atoms with Gasteiger partial charge in [0, 0.05) is 29.0 Å². The van der Waals surface area contributed by atoms with Crippen LogP contribution < -0.4 is 9.64 Å². The van der Waals surface area contributed by atoms with Gasteiger partial charge in [0.2, 0.25) is 11.8 Å². The van der Waals surface area contributed by atoms with Gasteiger partial charge in [0.25, 0.3) is 0 Å². The van der Waals surface area contributed by atoms with E-state index in [1.807, 2.05) is 72.8 Å². The highest BCUT2D eigenvalue weighted by Crippen LogP contribution is 2.64. The predicted octanol–water partition coefficient (Wildman–Crippen LogP) is 6.43. The van der Waals surface area contributed by atoms with Gasteiger partial charge in [-0.3, -0.25) is 24.1 Å². The van der Waals surface area contributed by atoms with E-state index in [0.717, 1.165) is 5.57 Å². The summed E-state index contributed by atoms with van der Waals surface area (Å²) in [4.78, 5) is 59.6. The number of hydrogen-bond donors (Lipinski definition) is 1. The monoisotopic (exact) mass is 635 g/mol. The summed E-state index contributed by atoms with van der Waals surface area (Å²) in [7, 11) is 1.51. The average Bonchev–Trinajstić information content (AvgIpc) is 3.39. The zero-order chi connectivity index (χ0) is 33.2. The molecule has 238 valence electrons.